The van der Waals surface area contributed by atoms with Gasteiger partial charge in [0.15, 0.2) is 0 Å². The number of aliphatic carboxylic acids is 1. The minimum absolute atomic E-state index is 0. The van der Waals surface area contributed by atoms with Crippen molar-refractivity contribution in [2.24, 2.45) is 5.73 Å². The van der Waals surface area contributed by atoms with Crippen molar-refractivity contribution >= 4 is 18.4 Å². The average molecular weight is 292 g/mol. The fourth-order valence-corrected chi connectivity index (χ4v) is 1.88. The first-order chi connectivity index (χ1) is 8.91. The normalized spacial score (nSPS) is 13.2. The van der Waals surface area contributed by atoms with Gasteiger partial charge in [-0.1, -0.05) is 54.1 Å². The van der Waals surface area contributed by atoms with Gasteiger partial charge < -0.3 is 10.8 Å². The summed E-state index contributed by atoms with van der Waals surface area (Å²) in [7, 11) is 0. The number of benzene rings is 2. The number of aryl methyl sites for hydroxylation is 1. The first kappa shape index (κ1) is 16.2. The highest BCUT2D eigenvalue weighted by Crippen LogP contribution is 2.24. The van der Waals surface area contributed by atoms with Crippen molar-refractivity contribution in [1.29, 1.82) is 0 Å². The Morgan fingerprint density at radius 1 is 1.00 bits per heavy atom. The monoisotopic (exact) mass is 291 g/mol. The molecule has 2 aromatic carbocycles. The number of halogens is 1. The molecule has 3 N–H and O–H groups in total. The average Bonchev–Trinajstić information content (AvgIpc) is 2.39. The Kier molecular flexibility index (Phi) is 4.93. The predicted molar refractivity (Wildman–Crippen MR) is 83.0 cm³/mol. The summed E-state index contributed by atoms with van der Waals surface area (Å²) in [6.07, 6.45) is 0. The van der Waals surface area contributed by atoms with Gasteiger partial charge >= 0.3 is 5.97 Å². The van der Waals surface area contributed by atoms with Crippen molar-refractivity contribution in [1.82, 2.24) is 0 Å². The number of carbonyl (C=O) groups is 1. The summed E-state index contributed by atoms with van der Waals surface area (Å²) < 4.78 is 0. The zero-order valence-electron chi connectivity index (χ0n) is 11.5. The molecule has 0 saturated heterocycles. The van der Waals surface area contributed by atoms with E-state index in [-0.39, 0.29) is 12.4 Å². The van der Waals surface area contributed by atoms with Crippen LogP contribution in [0, 0.1) is 6.92 Å². The summed E-state index contributed by atoms with van der Waals surface area (Å²) in [6.45, 7) is 3.54. The van der Waals surface area contributed by atoms with E-state index in [0.29, 0.717) is 5.56 Å². The molecule has 0 aliphatic heterocycles. The molecular weight excluding hydrogens is 274 g/mol. The lowest BCUT2D eigenvalue weighted by atomic mass is 9.91. The van der Waals surface area contributed by atoms with Gasteiger partial charge in [-0.25, -0.2) is 4.79 Å². The molecule has 0 fully saturated rings. The van der Waals surface area contributed by atoms with Gasteiger partial charge in [0.1, 0.15) is 5.54 Å². The minimum Gasteiger partial charge on any atom is -0.480 e. The number of carboxylic acids is 1. The number of hydrogen-bond donors (Lipinski definition) is 2. The fraction of sp³-hybridized carbons (Fsp3) is 0.188. The number of nitrogens with two attached hydrogens (primary N) is 1. The van der Waals surface area contributed by atoms with Gasteiger partial charge in [-0.15, -0.1) is 12.4 Å². The Morgan fingerprint density at radius 2 is 1.40 bits per heavy atom. The third kappa shape index (κ3) is 3.18. The van der Waals surface area contributed by atoms with Crippen molar-refractivity contribution in [2.75, 3.05) is 0 Å². The summed E-state index contributed by atoms with van der Waals surface area (Å²) in [5.41, 5.74) is 8.39. The van der Waals surface area contributed by atoms with E-state index in [1.165, 1.54) is 12.5 Å². The second kappa shape index (κ2) is 6.07. The predicted octanol–water partition coefficient (Wildman–Crippen LogP) is 3.34. The smallest absolute Gasteiger partial charge is 0.328 e. The van der Waals surface area contributed by atoms with Crippen molar-refractivity contribution in [3.8, 4) is 11.1 Å². The Balaban J connectivity index is 0.00000200. The highest BCUT2D eigenvalue weighted by atomic mass is 35.5. The number of carboxylic acid groups (broad SMARTS) is 1. The number of hydrogen-bond acceptors (Lipinski definition) is 2. The van der Waals surface area contributed by atoms with Crippen molar-refractivity contribution in [3.63, 3.8) is 0 Å². The van der Waals surface area contributed by atoms with Crippen LogP contribution in [0.1, 0.15) is 18.1 Å². The third-order valence-electron chi connectivity index (χ3n) is 3.31. The highest BCUT2D eigenvalue weighted by Gasteiger charge is 2.29. The summed E-state index contributed by atoms with van der Waals surface area (Å²) in [5, 5.41) is 9.09. The molecule has 2 rings (SSSR count). The first-order valence-electron chi connectivity index (χ1n) is 6.11. The lowest BCUT2D eigenvalue weighted by Crippen LogP contribution is -2.41. The summed E-state index contributed by atoms with van der Waals surface area (Å²) in [6, 6.07) is 15.5. The van der Waals surface area contributed by atoms with E-state index in [2.05, 4.69) is 0 Å². The fourth-order valence-electron chi connectivity index (χ4n) is 1.88. The van der Waals surface area contributed by atoms with E-state index in [1.807, 2.05) is 43.3 Å². The van der Waals surface area contributed by atoms with Gasteiger partial charge in [0, 0.05) is 0 Å². The maximum absolute atomic E-state index is 11.1. The molecule has 3 nitrogen and oxygen atoms in total. The molecule has 1 atom stereocenters. The SMILES string of the molecule is Cc1ccc(-c2ccc(C(C)(N)C(=O)O)cc2)cc1.Cl. The molecule has 0 radical (unpaired) electrons. The van der Waals surface area contributed by atoms with Crippen molar-refractivity contribution in [3.05, 3.63) is 59.7 Å². The minimum atomic E-state index is -1.36. The second-order valence-corrected chi connectivity index (χ2v) is 4.95. The second-order valence-electron chi connectivity index (χ2n) is 4.95. The molecule has 106 valence electrons. The topological polar surface area (TPSA) is 63.3 Å². The van der Waals surface area contributed by atoms with Gasteiger partial charge in [-0.05, 0) is 30.5 Å². The van der Waals surface area contributed by atoms with E-state index < -0.39 is 11.5 Å². The maximum Gasteiger partial charge on any atom is 0.328 e. The molecule has 0 aromatic heterocycles. The zero-order valence-corrected chi connectivity index (χ0v) is 12.3. The van der Waals surface area contributed by atoms with E-state index >= 15 is 0 Å². The lowest BCUT2D eigenvalue weighted by molar-refractivity contribution is -0.143. The standard InChI is InChI=1S/C16H17NO2.ClH/c1-11-3-5-12(6-4-11)13-7-9-14(10-8-13)16(2,17)15(18)19;/h3-10H,17H2,1-2H3,(H,18,19);1H. The molecule has 0 spiro atoms. The van der Waals surface area contributed by atoms with Crippen LogP contribution < -0.4 is 5.73 Å². The van der Waals surface area contributed by atoms with Gasteiger partial charge in [0.25, 0.3) is 0 Å². The molecule has 20 heavy (non-hydrogen) atoms. The highest BCUT2D eigenvalue weighted by molar-refractivity contribution is 5.85. The zero-order chi connectivity index (χ0) is 14.0. The lowest BCUT2D eigenvalue weighted by Gasteiger charge is -2.19. The summed E-state index contributed by atoms with van der Waals surface area (Å²) in [4.78, 5) is 11.1. The van der Waals surface area contributed by atoms with Crippen molar-refractivity contribution < 1.29 is 9.90 Å². The first-order valence-corrected chi connectivity index (χ1v) is 6.11. The van der Waals surface area contributed by atoms with E-state index in [4.69, 9.17) is 10.8 Å². The van der Waals surface area contributed by atoms with E-state index in [1.54, 1.807) is 12.1 Å². The van der Waals surface area contributed by atoms with Crippen LogP contribution in [0.15, 0.2) is 48.5 Å². The molecule has 0 heterocycles. The molecule has 1 unspecified atom stereocenters. The van der Waals surface area contributed by atoms with Crippen LogP contribution in [0.25, 0.3) is 11.1 Å². The molecular formula is C16H18ClNO2. The largest absolute Gasteiger partial charge is 0.480 e. The van der Waals surface area contributed by atoms with Crippen LogP contribution in [-0.4, -0.2) is 11.1 Å². The quantitative estimate of drug-likeness (QED) is 0.911. The van der Waals surface area contributed by atoms with Crippen LogP contribution in [0.3, 0.4) is 0 Å². The molecule has 0 aliphatic carbocycles. The van der Waals surface area contributed by atoms with Crippen LogP contribution >= 0.6 is 12.4 Å². The van der Waals surface area contributed by atoms with Crippen LogP contribution in [0.5, 0.6) is 0 Å². The molecule has 0 aliphatic rings. The summed E-state index contributed by atoms with van der Waals surface area (Å²) in [5.74, 6) is -1.03. The van der Waals surface area contributed by atoms with Gasteiger partial charge in [-0.3, -0.25) is 0 Å². The van der Waals surface area contributed by atoms with E-state index in [9.17, 15) is 4.79 Å². The molecule has 4 heteroatoms. The molecule has 0 saturated carbocycles. The molecule has 2 aromatic rings. The Bertz CT molecular complexity index is 589. The Morgan fingerprint density at radius 3 is 1.80 bits per heavy atom. The van der Waals surface area contributed by atoms with Gasteiger partial charge in [0.2, 0.25) is 0 Å². The van der Waals surface area contributed by atoms with Gasteiger partial charge in [-0.2, -0.15) is 0 Å². The van der Waals surface area contributed by atoms with Crippen LogP contribution in [0.4, 0.5) is 0 Å². The maximum atomic E-state index is 11.1. The van der Waals surface area contributed by atoms with Crippen LogP contribution in [-0.2, 0) is 10.3 Å². The number of rotatable bonds is 3. The van der Waals surface area contributed by atoms with Crippen molar-refractivity contribution in [2.45, 2.75) is 19.4 Å². The third-order valence-corrected chi connectivity index (χ3v) is 3.31. The Labute approximate surface area is 124 Å². The summed E-state index contributed by atoms with van der Waals surface area (Å²) >= 11 is 0. The Hall–Kier alpha value is -1.84. The van der Waals surface area contributed by atoms with E-state index in [0.717, 1.165) is 11.1 Å². The van der Waals surface area contributed by atoms with Gasteiger partial charge in [0.05, 0.1) is 0 Å². The molecule has 0 amide bonds. The molecule has 0 bridgehead atoms. The van der Waals surface area contributed by atoms with Crippen LogP contribution in [0.2, 0.25) is 0 Å².